The summed E-state index contributed by atoms with van der Waals surface area (Å²) in [7, 11) is 0. The Morgan fingerprint density at radius 2 is 2.33 bits per heavy atom. The summed E-state index contributed by atoms with van der Waals surface area (Å²) in [6.07, 6.45) is 6.07. The summed E-state index contributed by atoms with van der Waals surface area (Å²) < 4.78 is 0. The van der Waals surface area contributed by atoms with Gasteiger partial charge in [0.1, 0.15) is 0 Å². The second-order valence-electron chi connectivity index (χ2n) is 6.18. The fraction of sp³-hybridized carbons (Fsp3) is 0.588. The highest BCUT2D eigenvalue weighted by molar-refractivity contribution is 7.10. The van der Waals surface area contributed by atoms with Gasteiger partial charge in [0, 0.05) is 16.9 Å². The molecule has 2 fully saturated rings. The Kier molecular flexibility index (Phi) is 4.62. The third kappa shape index (κ3) is 3.48. The van der Waals surface area contributed by atoms with E-state index in [4.69, 9.17) is 5.73 Å². The standard InChI is InChI=1S/C17H22N2OS/c18-6-1-2-13-5-7-21-16(13)11-19-17(20)10-15-9-12-3-4-14(15)8-12/h5,7,12,14-15H,3-4,6,8-11,18H2,(H,19,20). The van der Waals surface area contributed by atoms with Crippen LogP contribution in [0.1, 0.15) is 42.5 Å². The Hall–Kier alpha value is -1.31. The minimum atomic E-state index is 0.193. The number of nitrogens with one attached hydrogen (secondary N) is 1. The normalized spacial score (nSPS) is 26.4. The van der Waals surface area contributed by atoms with Gasteiger partial charge in [-0.25, -0.2) is 0 Å². The molecule has 0 saturated heterocycles. The average molecular weight is 302 g/mol. The lowest BCUT2D eigenvalue weighted by atomic mass is 9.86. The van der Waals surface area contributed by atoms with Crippen LogP contribution in [0.5, 0.6) is 0 Å². The van der Waals surface area contributed by atoms with Gasteiger partial charge in [-0.1, -0.05) is 18.3 Å². The second kappa shape index (κ2) is 6.64. The molecule has 3 nitrogen and oxygen atoms in total. The molecule has 4 heteroatoms. The number of hydrogen-bond donors (Lipinski definition) is 2. The van der Waals surface area contributed by atoms with Crippen LogP contribution in [0.3, 0.4) is 0 Å². The Labute approximate surface area is 130 Å². The summed E-state index contributed by atoms with van der Waals surface area (Å²) in [5.41, 5.74) is 6.39. The predicted molar refractivity (Wildman–Crippen MR) is 85.7 cm³/mol. The number of fused-ring (bicyclic) bond motifs is 2. The number of thiophene rings is 1. The number of carbonyl (C=O) groups is 1. The van der Waals surface area contributed by atoms with E-state index in [1.807, 2.05) is 11.4 Å². The van der Waals surface area contributed by atoms with Crippen molar-refractivity contribution in [3.63, 3.8) is 0 Å². The molecule has 2 saturated carbocycles. The molecule has 0 spiro atoms. The fourth-order valence-electron chi connectivity index (χ4n) is 3.85. The average Bonchev–Trinajstić information content (AvgIpc) is 3.19. The summed E-state index contributed by atoms with van der Waals surface area (Å²) in [6.45, 7) is 0.956. The molecule has 3 unspecified atom stereocenters. The molecule has 2 aliphatic rings. The molecule has 3 N–H and O–H groups in total. The zero-order valence-corrected chi connectivity index (χ0v) is 13.0. The van der Waals surface area contributed by atoms with E-state index < -0.39 is 0 Å². The molecule has 1 aromatic rings. The van der Waals surface area contributed by atoms with Crippen molar-refractivity contribution >= 4 is 17.2 Å². The molecule has 1 aromatic heterocycles. The quantitative estimate of drug-likeness (QED) is 0.840. The molecule has 3 rings (SSSR count). The second-order valence-corrected chi connectivity index (χ2v) is 7.18. The maximum atomic E-state index is 12.1. The van der Waals surface area contributed by atoms with E-state index in [1.54, 1.807) is 11.3 Å². The van der Waals surface area contributed by atoms with E-state index in [9.17, 15) is 4.79 Å². The van der Waals surface area contributed by atoms with Crippen molar-refractivity contribution in [2.45, 2.75) is 38.6 Å². The third-order valence-electron chi connectivity index (χ3n) is 4.85. The van der Waals surface area contributed by atoms with Crippen LogP contribution in [0.25, 0.3) is 0 Å². The molecule has 3 atom stereocenters. The lowest BCUT2D eigenvalue weighted by Crippen LogP contribution is -2.26. The lowest BCUT2D eigenvalue weighted by Gasteiger charge is -2.20. The summed E-state index contributed by atoms with van der Waals surface area (Å²) in [5, 5.41) is 5.07. The van der Waals surface area contributed by atoms with Crippen molar-refractivity contribution in [1.82, 2.24) is 5.32 Å². The first-order valence-electron chi connectivity index (χ1n) is 7.78. The number of hydrogen-bond acceptors (Lipinski definition) is 3. The molecule has 112 valence electrons. The fourth-order valence-corrected chi connectivity index (χ4v) is 4.62. The molecule has 2 aliphatic carbocycles. The van der Waals surface area contributed by atoms with Crippen LogP contribution in [-0.2, 0) is 11.3 Å². The first-order chi connectivity index (χ1) is 10.3. The van der Waals surface area contributed by atoms with E-state index in [-0.39, 0.29) is 5.91 Å². The predicted octanol–water partition coefficient (Wildman–Crippen LogP) is 2.50. The Bertz CT molecular complexity index is 569. The van der Waals surface area contributed by atoms with Crippen molar-refractivity contribution in [3.05, 3.63) is 21.9 Å². The van der Waals surface area contributed by atoms with Gasteiger partial charge in [-0.05, 0) is 48.5 Å². The number of nitrogens with two attached hydrogens (primary N) is 1. The minimum Gasteiger partial charge on any atom is -0.351 e. The zero-order valence-electron chi connectivity index (χ0n) is 12.2. The summed E-state index contributed by atoms with van der Waals surface area (Å²) in [5.74, 6) is 8.46. The molecule has 0 radical (unpaired) electrons. The van der Waals surface area contributed by atoms with Crippen LogP contribution in [0, 0.1) is 29.6 Å². The molecule has 2 bridgehead atoms. The highest BCUT2D eigenvalue weighted by Crippen LogP contribution is 2.49. The first kappa shape index (κ1) is 14.6. The van der Waals surface area contributed by atoms with E-state index in [0.717, 1.165) is 22.3 Å². The monoisotopic (exact) mass is 302 g/mol. The van der Waals surface area contributed by atoms with Crippen molar-refractivity contribution in [2.24, 2.45) is 23.5 Å². The summed E-state index contributed by atoms with van der Waals surface area (Å²) in [4.78, 5) is 13.3. The Morgan fingerprint density at radius 1 is 1.43 bits per heavy atom. The van der Waals surface area contributed by atoms with Gasteiger partial charge in [0.2, 0.25) is 5.91 Å². The van der Waals surface area contributed by atoms with E-state index in [0.29, 0.717) is 25.4 Å². The molecule has 0 aliphatic heterocycles. The molecule has 21 heavy (non-hydrogen) atoms. The van der Waals surface area contributed by atoms with Gasteiger partial charge in [0.15, 0.2) is 0 Å². The molecular weight excluding hydrogens is 280 g/mol. The van der Waals surface area contributed by atoms with Gasteiger partial charge in [-0.2, -0.15) is 0 Å². The number of rotatable bonds is 4. The van der Waals surface area contributed by atoms with Crippen molar-refractivity contribution in [2.75, 3.05) is 6.54 Å². The lowest BCUT2D eigenvalue weighted by molar-refractivity contribution is -0.122. The van der Waals surface area contributed by atoms with Crippen LogP contribution in [-0.4, -0.2) is 12.5 Å². The van der Waals surface area contributed by atoms with Gasteiger partial charge < -0.3 is 11.1 Å². The highest BCUT2D eigenvalue weighted by Gasteiger charge is 2.39. The summed E-state index contributed by atoms with van der Waals surface area (Å²) >= 11 is 1.64. The maximum absolute atomic E-state index is 12.1. The van der Waals surface area contributed by atoms with Gasteiger partial charge in [0.05, 0.1) is 13.1 Å². The first-order valence-corrected chi connectivity index (χ1v) is 8.66. The highest BCUT2D eigenvalue weighted by atomic mass is 32.1. The third-order valence-corrected chi connectivity index (χ3v) is 5.77. The minimum absolute atomic E-state index is 0.193. The molecule has 1 amide bonds. The van der Waals surface area contributed by atoms with Crippen LogP contribution in [0.2, 0.25) is 0 Å². The van der Waals surface area contributed by atoms with E-state index >= 15 is 0 Å². The Morgan fingerprint density at radius 3 is 3.05 bits per heavy atom. The van der Waals surface area contributed by atoms with Crippen molar-refractivity contribution in [1.29, 1.82) is 0 Å². The van der Waals surface area contributed by atoms with Crippen LogP contribution >= 0.6 is 11.3 Å². The van der Waals surface area contributed by atoms with Crippen molar-refractivity contribution in [3.8, 4) is 11.8 Å². The van der Waals surface area contributed by atoms with E-state index in [1.165, 1.54) is 25.7 Å². The number of amides is 1. The van der Waals surface area contributed by atoms with E-state index in [2.05, 4.69) is 17.2 Å². The number of carbonyl (C=O) groups excluding carboxylic acids is 1. The van der Waals surface area contributed by atoms with Crippen LogP contribution in [0.4, 0.5) is 0 Å². The SMILES string of the molecule is NCC#Cc1ccsc1CNC(=O)CC1CC2CCC1C2. The molecular formula is C17H22N2OS. The van der Waals surface area contributed by atoms with Gasteiger partial charge in [-0.3, -0.25) is 4.79 Å². The Balaban J connectivity index is 1.49. The van der Waals surface area contributed by atoms with Crippen molar-refractivity contribution < 1.29 is 4.79 Å². The molecule has 1 heterocycles. The zero-order chi connectivity index (χ0) is 14.7. The van der Waals surface area contributed by atoms with Crippen LogP contribution < -0.4 is 11.1 Å². The van der Waals surface area contributed by atoms with Gasteiger partial charge in [0.25, 0.3) is 0 Å². The topological polar surface area (TPSA) is 55.1 Å². The van der Waals surface area contributed by atoms with Gasteiger partial charge >= 0.3 is 0 Å². The smallest absolute Gasteiger partial charge is 0.220 e. The van der Waals surface area contributed by atoms with Gasteiger partial charge in [-0.15, -0.1) is 11.3 Å². The largest absolute Gasteiger partial charge is 0.351 e. The summed E-state index contributed by atoms with van der Waals surface area (Å²) in [6, 6.07) is 1.99. The maximum Gasteiger partial charge on any atom is 0.220 e. The van der Waals surface area contributed by atoms with Crippen LogP contribution in [0.15, 0.2) is 11.4 Å². The molecule has 0 aromatic carbocycles.